The molecular formula is C16H19NO3. The molecule has 0 radical (unpaired) electrons. The summed E-state index contributed by atoms with van der Waals surface area (Å²) in [5, 5.41) is 9.16. The molecular weight excluding hydrogens is 254 g/mol. The summed E-state index contributed by atoms with van der Waals surface area (Å²) in [4.78, 5) is 25.5. The Kier molecular flexibility index (Phi) is 3.13. The molecule has 0 aromatic heterocycles. The van der Waals surface area contributed by atoms with Crippen molar-refractivity contribution >= 4 is 11.8 Å². The van der Waals surface area contributed by atoms with Crippen LogP contribution < -0.4 is 0 Å². The summed E-state index contributed by atoms with van der Waals surface area (Å²) < 4.78 is 0. The van der Waals surface area contributed by atoms with Gasteiger partial charge in [-0.3, -0.25) is 14.5 Å². The zero-order chi connectivity index (χ0) is 14.3. The van der Waals surface area contributed by atoms with Crippen molar-refractivity contribution < 1.29 is 14.7 Å². The first-order valence-electron chi connectivity index (χ1n) is 7.10. The maximum absolute atomic E-state index is 12.3. The minimum absolute atomic E-state index is 0.132. The van der Waals surface area contributed by atoms with Gasteiger partial charge in [0.1, 0.15) is 5.92 Å². The lowest BCUT2D eigenvalue weighted by molar-refractivity contribution is -0.152. The smallest absolute Gasteiger partial charge is 0.315 e. The Bertz CT molecular complexity index is 569. The number of carboxylic acid groups (broad SMARTS) is 1. The van der Waals surface area contributed by atoms with Crippen LogP contribution in [0.4, 0.5) is 0 Å². The molecule has 1 heterocycles. The Morgan fingerprint density at radius 3 is 2.90 bits per heavy atom. The number of carbonyl (C=O) groups excluding carboxylic acids is 1. The molecule has 1 saturated heterocycles. The Hall–Kier alpha value is -1.68. The number of carbonyl (C=O) groups is 2. The normalized spacial score (nSPS) is 30.2. The van der Waals surface area contributed by atoms with E-state index in [1.807, 2.05) is 19.2 Å². The molecule has 1 aliphatic heterocycles. The predicted molar refractivity (Wildman–Crippen MR) is 74.4 cm³/mol. The van der Waals surface area contributed by atoms with Crippen LogP contribution in [0.15, 0.2) is 24.3 Å². The third-order valence-corrected chi connectivity index (χ3v) is 4.90. The number of aliphatic carboxylic acids is 1. The van der Waals surface area contributed by atoms with Gasteiger partial charge in [-0.1, -0.05) is 24.3 Å². The van der Waals surface area contributed by atoms with Gasteiger partial charge in [-0.15, -0.1) is 0 Å². The number of carboxylic acids is 1. The van der Waals surface area contributed by atoms with Gasteiger partial charge >= 0.3 is 5.97 Å². The molecule has 4 nitrogen and oxygen atoms in total. The lowest BCUT2D eigenvalue weighted by Gasteiger charge is -2.49. The van der Waals surface area contributed by atoms with E-state index in [-0.39, 0.29) is 11.3 Å². The molecule has 1 spiro atoms. The van der Waals surface area contributed by atoms with E-state index >= 15 is 0 Å². The quantitative estimate of drug-likeness (QED) is 0.793. The molecule has 20 heavy (non-hydrogen) atoms. The number of ketones is 1. The summed E-state index contributed by atoms with van der Waals surface area (Å²) in [6.45, 7) is 0.308. The molecule has 1 aliphatic carbocycles. The highest BCUT2D eigenvalue weighted by atomic mass is 16.4. The summed E-state index contributed by atoms with van der Waals surface area (Å²) in [6, 6.07) is 8.26. The number of rotatable bonds is 1. The van der Waals surface area contributed by atoms with Crippen molar-refractivity contribution in [2.75, 3.05) is 13.6 Å². The summed E-state index contributed by atoms with van der Waals surface area (Å²) in [5.41, 5.74) is 2.22. The van der Waals surface area contributed by atoms with E-state index in [1.54, 1.807) is 0 Å². The van der Waals surface area contributed by atoms with Crippen molar-refractivity contribution in [3.63, 3.8) is 0 Å². The molecule has 2 unspecified atom stereocenters. The van der Waals surface area contributed by atoms with Crippen LogP contribution in [0, 0.1) is 5.92 Å². The third-order valence-electron chi connectivity index (χ3n) is 4.90. The van der Waals surface area contributed by atoms with Crippen molar-refractivity contribution in [2.24, 2.45) is 5.92 Å². The van der Waals surface area contributed by atoms with E-state index < -0.39 is 11.9 Å². The topological polar surface area (TPSA) is 57.6 Å². The van der Waals surface area contributed by atoms with Gasteiger partial charge in [0.2, 0.25) is 0 Å². The molecule has 0 bridgehead atoms. The number of fused-ring (bicyclic) bond motifs is 2. The molecule has 1 aromatic rings. The van der Waals surface area contributed by atoms with Gasteiger partial charge in [-0.25, -0.2) is 0 Å². The summed E-state index contributed by atoms with van der Waals surface area (Å²) in [7, 11) is 1.95. The summed E-state index contributed by atoms with van der Waals surface area (Å²) in [6.07, 6.45) is 3.34. The van der Waals surface area contributed by atoms with Crippen LogP contribution in [0.2, 0.25) is 0 Å². The molecule has 2 atom stereocenters. The minimum Gasteiger partial charge on any atom is -0.481 e. The van der Waals surface area contributed by atoms with Crippen LogP contribution in [-0.2, 0) is 21.5 Å². The molecule has 1 N–H and O–H groups in total. The van der Waals surface area contributed by atoms with Gasteiger partial charge in [0.25, 0.3) is 0 Å². The van der Waals surface area contributed by atoms with Crippen LogP contribution in [0.25, 0.3) is 0 Å². The predicted octanol–water partition coefficient (Wildman–Crippen LogP) is 1.82. The molecule has 1 aromatic carbocycles. The second-order valence-corrected chi connectivity index (χ2v) is 5.96. The lowest BCUT2D eigenvalue weighted by atomic mass is 9.69. The van der Waals surface area contributed by atoms with Crippen molar-refractivity contribution in [3.8, 4) is 0 Å². The minimum atomic E-state index is -0.999. The van der Waals surface area contributed by atoms with Crippen LogP contribution in [0.3, 0.4) is 0 Å². The molecule has 0 amide bonds. The number of hydrogen-bond donors (Lipinski definition) is 1. The number of nitrogens with zero attached hydrogens (tertiary/aromatic N) is 1. The van der Waals surface area contributed by atoms with Crippen LogP contribution in [0.1, 0.15) is 30.4 Å². The first-order valence-corrected chi connectivity index (χ1v) is 7.10. The van der Waals surface area contributed by atoms with Crippen molar-refractivity contribution in [1.29, 1.82) is 0 Å². The third kappa shape index (κ3) is 1.86. The van der Waals surface area contributed by atoms with Gasteiger partial charge in [-0.05, 0) is 37.4 Å². The molecule has 3 rings (SSSR count). The van der Waals surface area contributed by atoms with Crippen molar-refractivity contribution in [2.45, 2.75) is 31.2 Å². The Balaban J connectivity index is 2.02. The zero-order valence-electron chi connectivity index (χ0n) is 11.6. The fourth-order valence-electron chi connectivity index (χ4n) is 3.79. The van der Waals surface area contributed by atoms with Gasteiger partial charge in [0, 0.05) is 13.0 Å². The first-order chi connectivity index (χ1) is 9.54. The number of hydrogen-bond acceptors (Lipinski definition) is 3. The van der Waals surface area contributed by atoms with E-state index in [1.165, 1.54) is 11.1 Å². The fraction of sp³-hybridized carbons (Fsp3) is 0.500. The Morgan fingerprint density at radius 1 is 1.40 bits per heavy atom. The van der Waals surface area contributed by atoms with Crippen molar-refractivity contribution in [3.05, 3.63) is 35.4 Å². The first kappa shape index (κ1) is 13.3. The summed E-state index contributed by atoms with van der Waals surface area (Å²) >= 11 is 0. The second kappa shape index (κ2) is 4.70. The van der Waals surface area contributed by atoms with Gasteiger partial charge < -0.3 is 5.11 Å². The van der Waals surface area contributed by atoms with E-state index in [9.17, 15) is 9.59 Å². The van der Waals surface area contributed by atoms with Crippen LogP contribution >= 0.6 is 0 Å². The van der Waals surface area contributed by atoms with Gasteiger partial charge in [-0.2, -0.15) is 0 Å². The zero-order valence-corrected chi connectivity index (χ0v) is 11.6. The number of aryl methyl sites for hydroxylation is 1. The average molecular weight is 273 g/mol. The monoisotopic (exact) mass is 273 g/mol. The molecule has 1 fully saturated rings. The number of Topliss-reactive ketones (excluding diaryl/α,β-unsaturated/α-hetero) is 1. The van der Waals surface area contributed by atoms with Gasteiger partial charge in [0.15, 0.2) is 5.78 Å². The standard InChI is InChI=1S/C16H19NO3/c1-17-10-12(15(19)20)14(18)9-16(17)8-4-6-11-5-2-3-7-13(11)16/h2-3,5,7,12H,4,6,8-10H2,1H3,(H,19,20). The van der Waals surface area contributed by atoms with E-state index in [4.69, 9.17) is 5.11 Å². The van der Waals surface area contributed by atoms with Crippen molar-refractivity contribution in [1.82, 2.24) is 4.90 Å². The molecule has 0 saturated carbocycles. The number of benzene rings is 1. The number of likely N-dealkylation sites (tertiary alicyclic amines) is 1. The highest BCUT2D eigenvalue weighted by Gasteiger charge is 2.48. The highest BCUT2D eigenvalue weighted by Crippen LogP contribution is 2.45. The SMILES string of the molecule is CN1CC(C(=O)O)C(=O)CC12CCCc1ccccc12. The average Bonchev–Trinajstić information content (AvgIpc) is 2.43. The second-order valence-electron chi connectivity index (χ2n) is 5.96. The van der Waals surface area contributed by atoms with E-state index in [2.05, 4.69) is 17.0 Å². The Labute approximate surface area is 118 Å². The lowest BCUT2D eigenvalue weighted by Crippen LogP contribution is -2.56. The molecule has 106 valence electrons. The maximum Gasteiger partial charge on any atom is 0.315 e. The van der Waals surface area contributed by atoms with Crippen LogP contribution in [0.5, 0.6) is 0 Å². The van der Waals surface area contributed by atoms with Gasteiger partial charge in [0.05, 0.1) is 5.54 Å². The fourth-order valence-corrected chi connectivity index (χ4v) is 3.79. The number of piperidine rings is 1. The highest BCUT2D eigenvalue weighted by molar-refractivity contribution is 5.99. The van der Waals surface area contributed by atoms with Crippen LogP contribution in [-0.4, -0.2) is 35.4 Å². The maximum atomic E-state index is 12.3. The van der Waals surface area contributed by atoms with E-state index in [0.717, 1.165) is 19.3 Å². The largest absolute Gasteiger partial charge is 0.481 e. The Morgan fingerprint density at radius 2 is 2.15 bits per heavy atom. The molecule has 2 aliphatic rings. The molecule has 4 heteroatoms. The summed E-state index contributed by atoms with van der Waals surface area (Å²) in [5.74, 6) is -2.01. The van der Waals surface area contributed by atoms with E-state index in [0.29, 0.717) is 13.0 Å².